The molecule has 0 spiro atoms. The van der Waals surface area contributed by atoms with Gasteiger partial charge in [-0.2, -0.15) is 0 Å². The minimum Gasteiger partial charge on any atom is -0.478 e. The van der Waals surface area contributed by atoms with Crippen molar-refractivity contribution in [1.29, 1.82) is 0 Å². The molecule has 0 aliphatic carbocycles. The van der Waals surface area contributed by atoms with E-state index in [0.29, 0.717) is 0 Å². The lowest BCUT2D eigenvalue weighted by molar-refractivity contribution is -0.0139. The fraction of sp³-hybridized carbons (Fsp3) is 0.538. The summed E-state index contributed by atoms with van der Waals surface area (Å²) >= 11 is 0. The number of alkyl halides is 2. The van der Waals surface area contributed by atoms with Gasteiger partial charge in [-0.1, -0.05) is 12.4 Å². The smallest absolute Gasteiger partial charge is 0.339 e. The van der Waals surface area contributed by atoms with Crippen molar-refractivity contribution in [3.63, 3.8) is 0 Å². The number of nitrogens with zero attached hydrogens (tertiary/aromatic N) is 1. The molecule has 1 rings (SSSR count). The van der Waals surface area contributed by atoms with Gasteiger partial charge in [-0.15, -0.1) is 0 Å². The quantitative estimate of drug-likeness (QED) is 0.753. The topological polar surface area (TPSA) is 62.2 Å². The molecule has 0 saturated carbocycles. The van der Waals surface area contributed by atoms with Crippen LogP contribution >= 0.6 is 0 Å². The Morgan fingerprint density at radius 1 is 1.60 bits per heavy atom. The van der Waals surface area contributed by atoms with E-state index in [9.17, 15) is 13.6 Å². The van der Waals surface area contributed by atoms with Crippen LogP contribution in [-0.2, 0) is 0 Å². The van der Waals surface area contributed by atoms with E-state index in [-0.39, 0.29) is 42.1 Å². The van der Waals surface area contributed by atoms with Crippen molar-refractivity contribution in [2.75, 3.05) is 5.32 Å². The average Bonchev–Trinajstić information content (AvgIpc) is 2.38. The highest BCUT2D eigenvalue weighted by Crippen LogP contribution is 2.25. The maximum Gasteiger partial charge on any atom is 0.339 e. The molecule has 1 atom stereocenters. The fourth-order valence-electron chi connectivity index (χ4n) is 1.67. The Morgan fingerprint density at radius 3 is 2.80 bits per heavy atom. The lowest BCUT2D eigenvalue weighted by Crippen LogP contribution is -2.24. The summed E-state index contributed by atoms with van der Waals surface area (Å²) in [7, 11) is 5.48. The summed E-state index contributed by atoms with van der Waals surface area (Å²) in [6.45, 7) is 3.14. The molecular formula is C13H17BF2N2O2. The molecule has 1 aromatic heterocycles. The zero-order chi connectivity index (χ0) is 15.3. The molecular weight excluding hydrogens is 265 g/mol. The molecule has 7 heteroatoms. The number of nitrogens with one attached hydrogen (secondary N) is 1. The van der Waals surface area contributed by atoms with Crippen LogP contribution in [0.25, 0.3) is 0 Å². The number of carboxylic acid groups (broad SMARTS) is 1. The van der Waals surface area contributed by atoms with Gasteiger partial charge in [-0.25, -0.2) is 18.6 Å². The second kappa shape index (κ2) is 6.68. The predicted octanol–water partition coefficient (Wildman–Crippen LogP) is 2.20. The van der Waals surface area contributed by atoms with Crippen LogP contribution < -0.4 is 10.8 Å². The first-order valence-corrected chi connectivity index (χ1v) is 6.38. The van der Waals surface area contributed by atoms with Crippen molar-refractivity contribution in [1.82, 2.24) is 4.98 Å². The lowest BCUT2D eigenvalue weighted by Gasteiger charge is -2.19. The fourth-order valence-corrected chi connectivity index (χ4v) is 1.67. The summed E-state index contributed by atoms with van der Waals surface area (Å²) in [5.41, 5.74) is 0.164. The third-order valence-electron chi connectivity index (χ3n) is 2.98. The van der Waals surface area contributed by atoms with Gasteiger partial charge in [0.05, 0.1) is 0 Å². The first-order valence-electron chi connectivity index (χ1n) is 6.38. The zero-order valence-corrected chi connectivity index (χ0v) is 11.5. The number of anilines is 1. The van der Waals surface area contributed by atoms with Gasteiger partial charge in [-0.05, 0) is 19.4 Å². The van der Waals surface area contributed by atoms with E-state index in [0.717, 1.165) is 0 Å². The summed E-state index contributed by atoms with van der Waals surface area (Å²) < 4.78 is 26.3. The Labute approximate surface area is 118 Å². The van der Waals surface area contributed by atoms with E-state index >= 15 is 0 Å². The van der Waals surface area contributed by atoms with Gasteiger partial charge in [0.1, 0.15) is 19.2 Å². The molecule has 0 aliphatic heterocycles. The molecule has 2 radical (unpaired) electrons. The maximum absolute atomic E-state index is 13.2. The van der Waals surface area contributed by atoms with E-state index in [1.165, 1.54) is 19.2 Å². The highest BCUT2D eigenvalue weighted by Gasteiger charge is 2.26. The van der Waals surface area contributed by atoms with Crippen molar-refractivity contribution in [2.24, 2.45) is 0 Å². The molecule has 0 amide bonds. The van der Waals surface area contributed by atoms with Crippen LogP contribution in [0.1, 0.15) is 43.5 Å². The number of pyridine rings is 1. The molecule has 4 nitrogen and oxygen atoms in total. The first kappa shape index (κ1) is 16.4. The Morgan fingerprint density at radius 2 is 2.25 bits per heavy atom. The van der Waals surface area contributed by atoms with E-state index in [1.54, 1.807) is 6.92 Å². The van der Waals surface area contributed by atoms with Gasteiger partial charge in [0, 0.05) is 25.1 Å². The lowest BCUT2D eigenvalue weighted by atomic mass is 9.96. The minimum absolute atomic E-state index is 0.0703. The van der Waals surface area contributed by atoms with Crippen LogP contribution in [0.2, 0.25) is 0 Å². The largest absolute Gasteiger partial charge is 0.478 e. The standard InChI is InChI=1S/C13H17BF2N2O2/c1-3-13(15,16)5-4-8(2)18-11-10(12(19)20)6-9(14)7-17-11/h6-8H,3-5H2,1-2H3,(H,17,18)(H,19,20). The highest BCUT2D eigenvalue weighted by atomic mass is 19.3. The Balaban J connectivity index is 2.71. The van der Waals surface area contributed by atoms with Gasteiger partial charge in [0.15, 0.2) is 0 Å². The number of carboxylic acids is 1. The second-order valence-electron chi connectivity index (χ2n) is 4.76. The van der Waals surface area contributed by atoms with Gasteiger partial charge in [0.2, 0.25) is 5.92 Å². The molecule has 0 aromatic carbocycles. The van der Waals surface area contributed by atoms with Crippen molar-refractivity contribution < 1.29 is 18.7 Å². The molecule has 0 bridgehead atoms. The van der Waals surface area contributed by atoms with Crippen LogP contribution in [0.3, 0.4) is 0 Å². The Bertz CT molecular complexity index is 483. The number of carbonyl (C=O) groups is 1. The summed E-state index contributed by atoms with van der Waals surface area (Å²) in [5, 5.41) is 11.9. The normalized spacial score (nSPS) is 13.0. The number of hydrogen-bond donors (Lipinski definition) is 2. The molecule has 1 heterocycles. The number of aromatic carboxylic acids is 1. The van der Waals surface area contributed by atoms with Gasteiger partial charge in [0.25, 0.3) is 0 Å². The molecule has 0 saturated heterocycles. The molecule has 1 unspecified atom stereocenters. The predicted molar refractivity (Wildman–Crippen MR) is 74.1 cm³/mol. The van der Waals surface area contributed by atoms with E-state index in [2.05, 4.69) is 10.3 Å². The van der Waals surface area contributed by atoms with Crippen molar-refractivity contribution in [3.05, 3.63) is 17.8 Å². The van der Waals surface area contributed by atoms with E-state index in [4.69, 9.17) is 13.0 Å². The van der Waals surface area contributed by atoms with Gasteiger partial charge in [-0.3, -0.25) is 0 Å². The van der Waals surface area contributed by atoms with Gasteiger partial charge < -0.3 is 10.4 Å². The second-order valence-corrected chi connectivity index (χ2v) is 4.76. The summed E-state index contributed by atoms with van der Waals surface area (Å²) in [5.74, 6) is -3.72. The van der Waals surface area contributed by atoms with E-state index in [1.807, 2.05) is 0 Å². The number of halogens is 2. The van der Waals surface area contributed by atoms with Crippen molar-refractivity contribution in [2.45, 2.75) is 45.1 Å². The Hall–Kier alpha value is -1.66. The molecule has 20 heavy (non-hydrogen) atoms. The van der Waals surface area contributed by atoms with E-state index < -0.39 is 11.9 Å². The third-order valence-corrected chi connectivity index (χ3v) is 2.98. The zero-order valence-electron chi connectivity index (χ0n) is 11.5. The monoisotopic (exact) mass is 282 g/mol. The maximum atomic E-state index is 13.2. The van der Waals surface area contributed by atoms with Crippen molar-refractivity contribution >= 4 is 25.1 Å². The van der Waals surface area contributed by atoms with Crippen LogP contribution in [0.15, 0.2) is 12.3 Å². The number of aromatic nitrogens is 1. The minimum atomic E-state index is -2.69. The van der Waals surface area contributed by atoms with Crippen LogP contribution in [0.5, 0.6) is 0 Å². The average molecular weight is 282 g/mol. The first-order chi connectivity index (χ1) is 9.25. The van der Waals surface area contributed by atoms with Crippen LogP contribution in [0.4, 0.5) is 14.6 Å². The highest BCUT2D eigenvalue weighted by molar-refractivity contribution is 6.32. The third kappa shape index (κ3) is 4.79. The Kier molecular flexibility index (Phi) is 5.47. The summed E-state index contributed by atoms with van der Waals surface area (Å²) in [6, 6.07) is 0.965. The molecule has 2 N–H and O–H groups in total. The van der Waals surface area contributed by atoms with Crippen molar-refractivity contribution in [3.8, 4) is 0 Å². The van der Waals surface area contributed by atoms with Gasteiger partial charge >= 0.3 is 5.97 Å². The molecule has 1 aromatic rings. The molecule has 108 valence electrons. The summed E-state index contributed by atoms with van der Waals surface area (Å²) in [4.78, 5) is 15.0. The number of hydrogen-bond acceptors (Lipinski definition) is 3. The van der Waals surface area contributed by atoms with Crippen LogP contribution in [-0.4, -0.2) is 35.9 Å². The molecule has 0 fully saturated rings. The number of rotatable bonds is 7. The SMILES string of the molecule is [B]c1cnc(NC(C)CCC(F)(F)CC)c(C(=O)O)c1. The summed E-state index contributed by atoms with van der Waals surface area (Å²) in [6.07, 6.45) is 1.07. The molecule has 0 aliphatic rings. The van der Waals surface area contributed by atoms with Crippen LogP contribution in [0, 0.1) is 0 Å².